The van der Waals surface area contributed by atoms with E-state index in [1.165, 1.54) is 0 Å². The van der Waals surface area contributed by atoms with Crippen LogP contribution in [0.2, 0.25) is 0 Å². The van der Waals surface area contributed by atoms with Crippen molar-refractivity contribution >= 4 is 11.6 Å². The second kappa shape index (κ2) is 5.99. The van der Waals surface area contributed by atoms with Crippen molar-refractivity contribution < 1.29 is 0 Å². The summed E-state index contributed by atoms with van der Waals surface area (Å²) in [5.41, 5.74) is 1.10. The summed E-state index contributed by atoms with van der Waals surface area (Å²) in [4.78, 5) is 0. The highest BCUT2D eigenvalue weighted by Crippen LogP contribution is 2.07. The Morgan fingerprint density at radius 3 is 2.55 bits per heavy atom. The largest absolute Gasteiger partial charge is 0.0991 e. The minimum absolute atomic E-state index is 0.739. The Morgan fingerprint density at radius 2 is 2.09 bits per heavy atom. The van der Waals surface area contributed by atoms with Crippen molar-refractivity contribution in [1.29, 1.82) is 0 Å². The lowest BCUT2D eigenvalue weighted by Crippen LogP contribution is -1.68. The molecule has 0 aromatic rings. The van der Waals surface area contributed by atoms with E-state index in [-0.39, 0.29) is 0 Å². The zero-order valence-electron chi connectivity index (χ0n) is 6.97. The van der Waals surface area contributed by atoms with E-state index >= 15 is 0 Å². The van der Waals surface area contributed by atoms with E-state index in [0.29, 0.717) is 0 Å². The summed E-state index contributed by atoms with van der Waals surface area (Å²) in [6.07, 6.45) is 9.29. The molecule has 0 aliphatic heterocycles. The van der Waals surface area contributed by atoms with Gasteiger partial charge in [0, 0.05) is 5.03 Å². The second-order valence-corrected chi connectivity index (χ2v) is 2.61. The highest BCUT2D eigenvalue weighted by atomic mass is 35.5. The van der Waals surface area contributed by atoms with Crippen LogP contribution in [0.15, 0.2) is 47.6 Å². The van der Waals surface area contributed by atoms with Crippen molar-refractivity contribution in [2.24, 2.45) is 0 Å². The van der Waals surface area contributed by atoms with Crippen molar-refractivity contribution in [1.82, 2.24) is 0 Å². The average molecular weight is 169 g/mol. The number of allylic oxidation sites excluding steroid dienone is 7. The normalized spacial score (nSPS) is 14.1. The van der Waals surface area contributed by atoms with Gasteiger partial charge in [0.15, 0.2) is 0 Å². The summed E-state index contributed by atoms with van der Waals surface area (Å²) >= 11 is 5.81. The molecule has 0 rings (SSSR count). The smallest absolute Gasteiger partial charge is 0.0405 e. The van der Waals surface area contributed by atoms with Crippen molar-refractivity contribution in [3.8, 4) is 0 Å². The van der Waals surface area contributed by atoms with Gasteiger partial charge in [0.25, 0.3) is 0 Å². The summed E-state index contributed by atoms with van der Waals surface area (Å²) in [6.45, 7) is 7.50. The van der Waals surface area contributed by atoms with Crippen LogP contribution >= 0.6 is 11.6 Å². The first-order valence-corrected chi connectivity index (χ1v) is 3.87. The summed E-state index contributed by atoms with van der Waals surface area (Å²) in [5, 5.41) is 0.739. The summed E-state index contributed by atoms with van der Waals surface area (Å²) < 4.78 is 0. The Kier molecular flexibility index (Phi) is 5.58. The first-order chi connectivity index (χ1) is 5.20. The van der Waals surface area contributed by atoms with Gasteiger partial charge in [0.05, 0.1) is 0 Å². The lowest BCUT2D eigenvalue weighted by molar-refractivity contribution is 1.51. The fraction of sp³-hybridized carbons (Fsp3) is 0.200. The monoisotopic (exact) mass is 168 g/mol. The lowest BCUT2D eigenvalue weighted by atomic mass is 10.2. The molecule has 0 atom stereocenters. The van der Waals surface area contributed by atoms with Crippen LogP contribution in [0.1, 0.15) is 13.8 Å². The molecule has 1 heteroatoms. The Bertz CT molecular complexity index is 207. The molecule has 0 aromatic carbocycles. The van der Waals surface area contributed by atoms with Gasteiger partial charge in [-0.25, -0.2) is 0 Å². The van der Waals surface area contributed by atoms with Crippen LogP contribution in [0.25, 0.3) is 0 Å². The third-order valence-corrected chi connectivity index (χ3v) is 1.31. The van der Waals surface area contributed by atoms with E-state index in [1.807, 2.05) is 38.2 Å². The third kappa shape index (κ3) is 5.68. The van der Waals surface area contributed by atoms with Crippen molar-refractivity contribution in [3.05, 3.63) is 47.6 Å². The molecule has 0 amide bonds. The van der Waals surface area contributed by atoms with Crippen LogP contribution in [0.3, 0.4) is 0 Å². The van der Waals surface area contributed by atoms with Gasteiger partial charge in [-0.3, -0.25) is 0 Å². The van der Waals surface area contributed by atoms with Crippen LogP contribution in [0.4, 0.5) is 0 Å². The van der Waals surface area contributed by atoms with Gasteiger partial charge < -0.3 is 0 Å². The number of hydrogen-bond donors (Lipinski definition) is 0. The fourth-order valence-electron chi connectivity index (χ4n) is 0.659. The third-order valence-electron chi connectivity index (χ3n) is 1.07. The summed E-state index contributed by atoms with van der Waals surface area (Å²) in [5.74, 6) is 0. The standard InChI is InChI=1S/C10H13Cl/c1-4-6-9(3)8-10(11)7-5-2/h4-8H,1H2,2-3H3/b7-5-,9-6+,10-8+. The van der Waals surface area contributed by atoms with E-state index in [0.717, 1.165) is 10.6 Å². The molecule has 0 aliphatic carbocycles. The van der Waals surface area contributed by atoms with Crippen LogP contribution in [-0.2, 0) is 0 Å². The summed E-state index contributed by atoms with van der Waals surface area (Å²) in [6, 6.07) is 0. The minimum Gasteiger partial charge on any atom is -0.0991 e. The van der Waals surface area contributed by atoms with E-state index in [4.69, 9.17) is 11.6 Å². The number of rotatable bonds is 3. The Morgan fingerprint density at radius 1 is 1.45 bits per heavy atom. The molecular weight excluding hydrogens is 156 g/mol. The van der Waals surface area contributed by atoms with E-state index < -0.39 is 0 Å². The highest BCUT2D eigenvalue weighted by molar-refractivity contribution is 6.31. The zero-order chi connectivity index (χ0) is 8.69. The molecule has 60 valence electrons. The zero-order valence-corrected chi connectivity index (χ0v) is 7.73. The molecule has 0 nitrogen and oxygen atoms in total. The second-order valence-electron chi connectivity index (χ2n) is 2.18. The van der Waals surface area contributed by atoms with Gasteiger partial charge >= 0.3 is 0 Å². The topological polar surface area (TPSA) is 0 Å². The Hall–Kier alpha value is -0.750. The van der Waals surface area contributed by atoms with Gasteiger partial charge in [0.1, 0.15) is 0 Å². The fourth-order valence-corrected chi connectivity index (χ4v) is 0.957. The quantitative estimate of drug-likeness (QED) is 0.562. The van der Waals surface area contributed by atoms with Gasteiger partial charge in [-0.05, 0) is 31.6 Å². The van der Waals surface area contributed by atoms with Gasteiger partial charge in [-0.2, -0.15) is 0 Å². The van der Waals surface area contributed by atoms with E-state index in [9.17, 15) is 0 Å². The molecule has 0 aromatic heterocycles. The molecule has 0 radical (unpaired) electrons. The molecule has 0 heterocycles. The van der Waals surface area contributed by atoms with Crippen LogP contribution in [0.5, 0.6) is 0 Å². The highest BCUT2D eigenvalue weighted by Gasteiger charge is 1.84. The Labute approximate surface area is 73.6 Å². The molecule has 0 N–H and O–H groups in total. The SMILES string of the molecule is C=C/C=C(C)/C=C(Cl)\C=C/C. The van der Waals surface area contributed by atoms with Crippen LogP contribution in [-0.4, -0.2) is 0 Å². The number of halogens is 1. The molecule has 0 unspecified atom stereocenters. The van der Waals surface area contributed by atoms with Crippen molar-refractivity contribution in [2.75, 3.05) is 0 Å². The maximum absolute atomic E-state index is 5.81. The van der Waals surface area contributed by atoms with Gasteiger partial charge in [-0.15, -0.1) is 0 Å². The molecule has 0 bridgehead atoms. The van der Waals surface area contributed by atoms with Gasteiger partial charge in [-0.1, -0.05) is 36.4 Å². The molecular formula is C10H13Cl. The maximum Gasteiger partial charge on any atom is 0.0405 e. The lowest BCUT2D eigenvalue weighted by Gasteiger charge is -1.89. The van der Waals surface area contributed by atoms with E-state index in [2.05, 4.69) is 6.58 Å². The predicted molar refractivity (Wildman–Crippen MR) is 52.7 cm³/mol. The predicted octanol–water partition coefficient (Wildman–Crippen LogP) is 3.82. The molecule has 0 fully saturated rings. The first kappa shape index (κ1) is 10.2. The molecule has 11 heavy (non-hydrogen) atoms. The Balaban J connectivity index is 4.29. The van der Waals surface area contributed by atoms with Crippen LogP contribution < -0.4 is 0 Å². The van der Waals surface area contributed by atoms with Gasteiger partial charge in [0.2, 0.25) is 0 Å². The van der Waals surface area contributed by atoms with Crippen molar-refractivity contribution in [3.63, 3.8) is 0 Å². The van der Waals surface area contributed by atoms with Crippen molar-refractivity contribution in [2.45, 2.75) is 13.8 Å². The molecule has 0 saturated carbocycles. The van der Waals surface area contributed by atoms with Crippen LogP contribution in [0, 0.1) is 0 Å². The van der Waals surface area contributed by atoms with E-state index in [1.54, 1.807) is 6.08 Å². The molecule has 0 spiro atoms. The molecule has 0 aliphatic rings. The first-order valence-electron chi connectivity index (χ1n) is 3.50. The average Bonchev–Trinajstić information content (AvgIpc) is 1.87. The number of hydrogen-bond acceptors (Lipinski definition) is 0. The minimum atomic E-state index is 0.739. The maximum atomic E-state index is 5.81. The summed E-state index contributed by atoms with van der Waals surface area (Å²) in [7, 11) is 0. The molecule has 0 saturated heterocycles.